The lowest BCUT2D eigenvalue weighted by molar-refractivity contribution is -0.137. The maximum atomic E-state index is 13.2. The Balaban J connectivity index is 1.87. The Morgan fingerprint density at radius 2 is 1.68 bits per heavy atom. The fraction of sp³-hybridized carbons (Fsp3) is 0.391. The smallest absolute Gasteiger partial charge is 0.416 e. The van der Waals surface area contributed by atoms with Gasteiger partial charge in [-0.1, -0.05) is 12.1 Å². The minimum absolute atomic E-state index is 0.378. The van der Waals surface area contributed by atoms with Crippen LogP contribution in [0.2, 0.25) is 0 Å². The number of piperazine rings is 1. The zero-order valence-corrected chi connectivity index (χ0v) is 17.7. The van der Waals surface area contributed by atoms with Crippen molar-refractivity contribution in [2.45, 2.75) is 32.5 Å². The molecule has 0 radical (unpaired) electrons. The van der Waals surface area contributed by atoms with Crippen LogP contribution in [0.1, 0.15) is 36.7 Å². The quantitative estimate of drug-likeness (QED) is 0.620. The molecule has 31 heavy (non-hydrogen) atoms. The number of hydrogen-bond donors (Lipinski definition) is 0. The number of anilines is 1. The van der Waals surface area contributed by atoms with Gasteiger partial charge in [0.2, 0.25) is 0 Å². The van der Waals surface area contributed by atoms with E-state index in [0.29, 0.717) is 54.8 Å². The minimum atomic E-state index is -4.46. The number of rotatable bonds is 3. The third-order valence-corrected chi connectivity index (χ3v) is 4.93. The Hall–Kier alpha value is -3.03. The number of benzene rings is 2. The SMILES string of the molecule is CC(C)(C)OC(=O)N1CCN(c2ccc(C=O)cc2-c2cccc(C(F)(F)F)c2)CC1. The van der Waals surface area contributed by atoms with E-state index in [1.165, 1.54) is 6.07 Å². The van der Waals surface area contributed by atoms with E-state index >= 15 is 0 Å². The molecule has 3 rings (SSSR count). The lowest BCUT2D eigenvalue weighted by Gasteiger charge is -2.37. The predicted molar refractivity (Wildman–Crippen MR) is 112 cm³/mol. The number of alkyl halides is 3. The van der Waals surface area contributed by atoms with Gasteiger partial charge in [-0.25, -0.2) is 4.79 Å². The lowest BCUT2D eigenvalue weighted by Crippen LogP contribution is -2.50. The monoisotopic (exact) mass is 434 g/mol. The number of carbonyl (C=O) groups excluding carboxylic acids is 2. The molecular weight excluding hydrogens is 409 g/mol. The number of ether oxygens (including phenoxy) is 1. The van der Waals surface area contributed by atoms with E-state index in [1.54, 1.807) is 49.9 Å². The number of halogens is 3. The van der Waals surface area contributed by atoms with Gasteiger partial charge < -0.3 is 14.5 Å². The molecule has 0 bridgehead atoms. The molecule has 8 heteroatoms. The van der Waals surface area contributed by atoms with Crippen LogP contribution in [-0.4, -0.2) is 49.1 Å². The molecule has 0 saturated carbocycles. The summed E-state index contributed by atoms with van der Waals surface area (Å²) in [5, 5.41) is 0. The minimum Gasteiger partial charge on any atom is -0.444 e. The first kappa shape index (κ1) is 22.7. The standard InChI is InChI=1S/C23H25F3N2O3/c1-22(2,3)31-21(30)28-11-9-27(10-12-28)20-8-7-16(15-29)13-19(20)17-5-4-6-18(14-17)23(24,25)26/h4-8,13-15H,9-12H2,1-3H3. The second-order valence-electron chi connectivity index (χ2n) is 8.43. The summed E-state index contributed by atoms with van der Waals surface area (Å²) in [5.41, 5.74) is 0.680. The average molecular weight is 434 g/mol. The van der Waals surface area contributed by atoms with Crippen molar-refractivity contribution >= 4 is 18.1 Å². The maximum Gasteiger partial charge on any atom is 0.416 e. The first-order valence-corrected chi connectivity index (χ1v) is 9.98. The van der Waals surface area contributed by atoms with E-state index in [9.17, 15) is 22.8 Å². The molecule has 2 aromatic carbocycles. The largest absolute Gasteiger partial charge is 0.444 e. The van der Waals surface area contributed by atoms with Crippen molar-refractivity contribution in [1.82, 2.24) is 4.90 Å². The van der Waals surface area contributed by atoms with Crippen molar-refractivity contribution in [3.05, 3.63) is 53.6 Å². The van der Waals surface area contributed by atoms with Gasteiger partial charge in [0.05, 0.1) is 5.56 Å². The predicted octanol–water partition coefficient (Wildman–Crippen LogP) is 5.24. The second kappa shape index (κ2) is 8.61. The van der Waals surface area contributed by atoms with Crippen LogP contribution in [0.15, 0.2) is 42.5 Å². The number of hydrogen-bond acceptors (Lipinski definition) is 4. The highest BCUT2D eigenvalue weighted by Crippen LogP contribution is 2.36. The molecule has 0 aliphatic carbocycles. The Kier molecular flexibility index (Phi) is 6.29. The molecule has 0 aromatic heterocycles. The molecule has 0 unspecified atom stereocenters. The molecule has 1 saturated heterocycles. The first-order chi connectivity index (χ1) is 14.5. The highest BCUT2D eigenvalue weighted by atomic mass is 19.4. The highest BCUT2D eigenvalue weighted by Gasteiger charge is 2.31. The van der Waals surface area contributed by atoms with Gasteiger partial charge in [0.1, 0.15) is 11.9 Å². The van der Waals surface area contributed by atoms with Crippen molar-refractivity contribution in [2.24, 2.45) is 0 Å². The van der Waals surface area contributed by atoms with Gasteiger partial charge in [-0.3, -0.25) is 4.79 Å². The van der Waals surface area contributed by atoms with Gasteiger partial charge in [0.15, 0.2) is 0 Å². The van der Waals surface area contributed by atoms with Crippen LogP contribution in [-0.2, 0) is 10.9 Å². The zero-order valence-electron chi connectivity index (χ0n) is 17.7. The lowest BCUT2D eigenvalue weighted by atomic mass is 9.98. The van der Waals surface area contributed by atoms with Gasteiger partial charge in [-0.2, -0.15) is 13.2 Å². The third kappa shape index (κ3) is 5.57. The van der Waals surface area contributed by atoms with E-state index in [1.807, 2.05) is 4.90 Å². The molecule has 5 nitrogen and oxygen atoms in total. The summed E-state index contributed by atoms with van der Waals surface area (Å²) in [6.45, 7) is 7.24. The van der Waals surface area contributed by atoms with Crippen LogP contribution in [0.3, 0.4) is 0 Å². The fourth-order valence-electron chi connectivity index (χ4n) is 3.45. The molecule has 0 N–H and O–H groups in total. The summed E-state index contributed by atoms with van der Waals surface area (Å²) >= 11 is 0. The summed E-state index contributed by atoms with van der Waals surface area (Å²) in [6.07, 6.45) is -4.18. The van der Waals surface area contributed by atoms with Crippen LogP contribution < -0.4 is 4.90 Å². The molecule has 166 valence electrons. The van der Waals surface area contributed by atoms with E-state index in [0.717, 1.165) is 12.1 Å². The van der Waals surface area contributed by atoms with Gasteiger partial charge >= 0.3 is 12.3 Å². The van der Waals surface area contributed by atoms with Crippen molar-refractivity contribution in [3.8, 4) is 11.1 Å². The van der Waals surface area contributed by atoms with Crippen LogP contribution in [0.25, 0.3) is 11.1 Å². The van der Waals surface area contributed by atoms with Gasteiger partial charge in [0, 0.05) is 43.0 Å². The van der Waals surface area contributed by atoms with Crippen molar-refractivity contribution in [1.29, 1.82) is 0 Å². The molecule has 1 aliphatic rings. The van der Waals surface area contributed by atoms with E-state index in [2.05, 4.69) is 0 Å². The van der Waals surface area contributed by atoms with Crippen LogP contribution in [0.4, 0.5) is 23.7 Å². The molecule has 2 aromatic rings. The topological polar surface area (TPSA) is 49.9 Å². The normalized spacial score (nSPS) is 15.0. The first-order valence-electron chi connectivity index (χ1n) is 9.98. The molecule has 0 atom stereocenters. The van der Waals surface area contributed by atoms with Crippen LogP contribution >= 0.6 is 0 Å². The molecule has 1 aliphatic heterocycles. The summed E-state index contributed by atoms with van der Waals surface area (Å²) in [5.74, 6) is 0. The second-order valence-corrected chi connectivity index (χ2v) is 8.43. The number of aldehydes is 1. The highest BCUT2D eigenvalue weighted by molar-refractivity contribution is 5.86. The van der Waals surface area contributed by atoms with Crippen molar-refractivity contribution in [3.63, 3.8) is 0 Å². The Morgan fingerprint density at radius 3 is 2.26 bits per heavy atom. The van der Waals surface area contributed by atoms with Gasteiger partial charge in [-0.15, -0.1) is 0 Å². The van der Waals surface area contributed by atoms with Crippen LogP contribution in [0, 0.1) is 0 Å². The maximum absolute atomic E-state index is 13.2. The molecule has 0 spiro atoms. The molecule has 1 fully saturated rings. The molecular formula is C23H25F3N2O3. The summed E-state index contributed by atoms with van der Waals surface area (Å²) in [7, 11) is 0. The zero-order chi connectivity index (χ0) is 22.8. The van der Waals surface area contributed by atoms with E-state index < -0.39 is 17.3 Å². The van der Waals surface area contributed by atoms with Gasteiger partial charge in [0.25, 0.3) is 0 Å². The molecule has 1 heterocycles. The Bertz CT molecular complexity index is 959. The van der Waals surface area contributed by atoms with Crippen LogP contribution in [0.5, 0.6) is 0 Å². The summed E-state index contributed by atoms with van der Waals surface area (Å²) < 4.78 is 45.0. The third-order valence-electron chi connectivity index (χ3n) is 4.93. The number of carbonyl (C=O) groups is 2. The number of nitrogens with zero attached hydrogens (tertiary/aromatic N) is 2. The van der Waals surface area contributed by atoms with Crippen molar-refractivity contribution in [2.75, 3.05) is 31.1 Å². The van der Waals surface area contributed by atoms with Gasteiger partial charge in [-0.05, 0) is 56.7 Å². The summed E-state index contributed by atoms with van der Waals surface area (Å²) in [6, 6.07) is 10.0. The number of amides is 1. The Labute approximate surface area is 179 Å². The van der Waals surface area contributed by atoms with Crippen molar-refractivity contribution < 1.29 is 27.5 Å². The van der Waals surface area contributed by atoms with E-state index in [-0.39, 0.29) is 6.09 Å². The fourth-order valence-corrected chi connectivity index (χ4v) is 3.45. The molecule has 1 amide bonds. The summed E-state index contributed by atoms with van der Waals surface area (Å²) in [4.78, 5) is 27.2. The Morgan fingerprint density at radius 1 is 1.00 bits per heavy atom. The van der Waals surface area contributed by atoms with E-state index in [4.69, 9.17) is 4.74 Å². The average Bonchev–Trinajstić information content (AvgIpc) is 2.71.